The first-order valence-electron chi connectivity index (χ1n) is 5.78. The maximum absolute atomic E-state index is 11.9. The summed E-state index contributed by atoms with van der Waals surface area (Å²) < 4.78 is 0. The van der Waals surface area contributed by atoms with Crippen molar-refractivity contribution in [1.82, 2.24) is 10.9 Å². The Labute approximate surface area is 136 Å². The van der Waals surface area contributed by atoms with Gasteiger partial charge < -0.3 is 0 Å². The molecule has 21 heavy (non-hydrogen) atoms. The van der Waals surface area contributed by atoms with Crippen molar-refractivity contribution in [2.75, 3.05) is 0 Å². The minimum absolute atomic E-state index is 0.195. The molecular formula is C14H9Cl3N2O2. The molecule has 0 aliphatic carbocycles. The summed E-state index contributed by atoms with van der Waals surface area (Å²) in [5.74, 6) is -1.01. The summed E-state index contributed by atoms with van der Waals surface area (Å²) >= 11 is 17.4. The lowest BCUT2D eigenvalue weighted by molar-refractivity contribution is 0.0847. The number of nitrogens with one attached hydrogen (secondary N) is 2. The Morgan fingerprint density at radius 1 is 0.762 bits per heavy atom. The first-order chi connectivity index (χ1) is 9.97. The van der Waals surface area contributed by atoms with Crippen molar-refractivity contribution >= 4 is 46.6 Å². The van der Waals surface area contributed by atoms with Crippen LogP contribution in [0.3, 0.4) is 0 Å². The average molecular weight is 344 g/mol. The lowest BCUT2D eigenvalue weighted by Crippen LogP contribution is -2.41. The zero-order valence-electron chi connectivity index (χ0n) is 10.5. The highest BCUT2D eigenvalue weighted by Crippen LogP contribution is 2.20. The molecule has 2 rings (SSSR count). The first-order valence-corrected chi connectivity index (χ1v) is 6.92. The van der Waals surface area contributed by atoms with Crippen LogP contribution in [0.2, 0.25) is 15.1 Å². The van der Waals surface area contributed by atoms with Gasteiger partial charge in [-0.25, -0.2) is 0 Å². The normalized spacial score (nSPS) is 10.0. The summed E-state index contributed by atoms with van der Waals surface area (Å²) in [7, 11) is 0. The van der Waals surface area contributed by atoms with Crippen molar-refractivity contribution < 1.29 is 9.59 Å². The van der Waals surface area contributed by atoms with E-state index in [0.717, 1.165) is 0 Å². The van der Waals surface area contributed by atoms with E-state index in [1.807, 2.05) is 0 Å². The second-order valence-corrected chi connectivity index (χ2v) is 5.32. The maximum atomic E-state index is 11.9. The molecule has 2 amide bonds. The second kappa shape index (κ2) is 6.80. The van der Waals surface area contributed by atoms with E-state index in [2.05, 4.69) is 10.9 Å². The second-order valence-electron chi connectivity index (χ2n) is 4.04. The van der Waals surface area contributed by atoms with E-state index in [1.54, 1.807) is 24.3 Å². The summed E-state index contributed by atoms with van der Waals surface area (Å²) in [5.41, 5.74) is 5.13. The van der Waals surface area contributed by atoms with Gasteiger partial charge in [0.1, 0.15) is 0 Å². The third-order valence-corrected chi connectivity index (χ3v) is 3.37. The average Bonchev–Trinajstić information content (AvgIpc) is 2.45. The van der Waals surface area contributed by atoms with Gasteiger partial charge >= 0.3 is 0 Å². The molecule has 0 atom stereocenters. The quantitative estimate of drug-likeness (QED) is 0.817. The molecule has 2 aromatic carbocycles. The van der Waals surface area contributed by atoms with Gasteiger partial charge in [-0.2, -0.15) is 0 Å². The number of hydrazine groups is 1. The molecule has 7 heteroatoms. The minimum atomic E-state index is -0.543. The van der Waals surface area contributed by atoms with Crippen molar-refractivity contribution in [3.63, 3.8) is 0 Å². The SMILES string of the molecule is O=C(NNC(=O)c1ccc(Cl)cc1Cl)c1ccc(Cl)cc1. The van der Waals surface area contributed by atoms with E-state index in [1.165, 1.54) is 18.2 Å². The summed E-state index contributed by atoms with van der Waals surface area (Å²) in [4.78, 5) is 23.7. The van der Waals surface area contributed by atoms with Crippen LogP contribution in [0.1, 0.15) is 20.7 Å². The maximum Gasteiger partial charge on any atom is 0.271 e. The van der Waals surface area contributed by atoms with Crippen LogP contribution in [-0.4, -0.2) is 11.8 Å². The molecule has 0 saturated carbocycles. The number of carbonyl (C=O) groups is 2. The largest absolute Gasteiger partial charge is 0.271 e. The third-order valence-electron chi connectivity index (χ3n) is 2.57. The Morgan fingerprint density at radius 2 is 1.33 bits per heavy atom. The van der Waals surface area contributed by atoms with Crippen LogP contribution in [-0.2, 0) is 0 Å². The van der Waals surface area contributed by atoms with Gasteiger partial charge in [0.25, 0.3) is 11.8 Å². The predicted octanol–water partition coefficient (Wildman–Crippen LogP) is 3.72. The standard InChI is InChI=1S/C14H9Cl3N2O2/c15-9-3-1-8(2-4-9)13(20)18-19-14(21)11-6-5-10(16)7-12(11)17/h1-7H,(H,18,20)(H,19,21). The highest BCUT2D eigenvalue weighted by Gasteiger charge is 2.12. The smallest absolute Gasteiger partial charge is 0.267 e. The Bertz CT molecular complexity index is 687. The summed E-state index contributed by atoms with van der Waals surface area (Å²) in [6.45, 7) is 0. The Hall–Kier alpha value is -1.75. The number of carbonyl (C=O) groups excluding carboxylic acids is 2. The van der Waals surface area contributed by atoms with Crippen LogP contribution >= 0.6 is 34.8 Å². The number of amides is 2. The van der Waals surface area contributed by atoms with Crippen LogP contribution in [0.5, 0.6) is 0 Å². The molecular weight excluding hydrogens is 335 g/mol. The monoisotopic (exact) mass is 342 g/mol. The fourth-order valence-corrected chi connectivity index (χ4v) is 2.15. The minimum Gasteiger partial charge on any atom is -0.267 e. The molecule has 2 N–H and O–H groups in total. The molecule has 0 bridgehead atoms. The Morgan fingerprint density at radius 3 is 1.95 bits per heavy atom. The number of hydrogen-bond donors (Lipinski definition) is 2. The molecule has 0 spiro atoms. The molecule has 0 aromatic heterocycles. The lowest BCUT2D eigenvalue weighted by Gasteiger charge is -2.08. The lowest BCUT2D eigenvalue weighted by atomic mass is 10.2. The summed E-state index contributed by atoms with van der Waals surface area (Å²) in [5, 5.41) is 1.13. The number of rotatable bonds is 2. The molecule has 0 saturated heterocycles. The number of hydrogen-bond acceptors (Lipinski definition) is 2. The molecule has 108 valence electrons. The van der Waals surface area contributed by atoms with Crippen LogP contribution in [0.25, 0.3) is 0 Å². The summed E-state index contributed by atoms with van der Waals surface area (Å²) in [6.07, 6.45) is 0. The van der Waals surface area contributed by atoms with Gasteiger partial charge in [-0.15, -0.1) is 0 Å². The van der Waals surface area contributed by atoms with Crippen molar-refractivity contribution in [3.05, 3.63) is 68.7 Å². The van der Waals surface area contributed by atoms with Crippen LogP contribution in [0.15, 0.2) is 42.5 Å². The molecule has 0 aliphatic rings. The van der Waals surface area contributed by atoms with E-state index in [-0.39, 0.29) is 10.6 Å². The molecule has 0 radical (unpaired) electrons. The third kappa shape index (κ3) is 4.11. The Balaban J connectivity index is 2.00. The van der Waals surface area contributed by atoms with Crippen molar-refractivity contribution in [2.24, 2.45) is 0 Å². The molecule has 2 aromatic rings. The Kier molecular flexibility index (Phi) is 5.07. The van der Waals surface area contributed by atoms with E-state index in [9.17, 15) is 9.59 Å². The van der Waals surface area contributed by atoms with Gasteiger partial charge in [-0.3, -0.25) is 20.4 Å². The van der Waals surface area contributed by atoms with Gasteiger partial charge in [0.2, 0.25) is 0 Å². The fourth-order valence-electron chi connectivity index (χ4n) is 1.53. The molecule has 0 heterocycles. The van der Waals surface area contributed by atoms with Crippen molar-refractivity contribution in [3.8, 4) is 0 Å². The molecule has 0 unspecified atom stereocenters. The van der Waals surface area contributed by atoms with E-state index < -0.39 is 11.8 Å². The van der Waals surface area contributed by atoms with Crippen molar-refractivity contribution in [1.29, 1.82) is 0 Å². The topological polar surface area (TPSA) is 58.2 Å². The van der Waals surface area contributed by atoms with Crippen LogP contribution < -0.4 is 10.9 Å². The van der Waals surface area contributed by atoms with Gasteiger partial charge in [-0.05, 0) is 42.5 Å². The zero-order valence-corrected chi connectivity index (χ0v) is 12.8. The first kappa shape index (κ1) is 15.6. The van der Waals surface area contributed by atoms with E-state index in [4.69, 9.17) is 34.8 Å². The fraction of sp³-hybridized carbons (Fsp3) is 0. The highest BCUT2D eigenvalue weighted by molar-refractivity contribution is 6.36. The summed E-state index contributed by atoms with van der Waals surface area (Å²) in [6, 6.07) is 10.7. The van der Waals surface area contributed by atoms with Crippen molar-refractivity contribution in [2.45, 2.75) is 0 Å². The zero-order chi connectivity index (χ0) is 15.4. The molecule has 4 nitrogen and oxygen atoms in total. The van der Waals surface area contributed by atoms with Gasteiger partial charge in [0.15, 0.2) is 0 Å². The number of benzene rings is 2. The van der Waals surface area contributed by atoms with Gasteiger partial charge in [0, 0.05) is 15.6 Å². The number of halogens is 3. The molecule has 0 fully saturated rings. The van der Waals surface area contributed by atoms with Crippen LogP contribution in [0, 0.1) is 0 Å². The van der Waals surface area contributed by atoms with Gasteiger partial charge in [-0.1, -0.05) is 34.8 Å². The highest BCUT2D eigenvalue weighted by atomic mass is 35.5. The van der Waals surface area contributed by atoms with E-state index in [0.29, 0.717) is 15.6 Å². The van der Waals surface area contributed by atoms with E-state index >= 15 is 0 Å². The molecule has 0 aliphatic heterocycles. The predicted molar refractivity (Wildman–Crippen MR) is 82.8 cm³/mol. The van der Waals surface area contributed by atoms with Gasteiger partial charge in [0.05, 0.1) is 10.6 Å². The van der Waals surface area contributed by atoms with Crippen LogP contribution in [0.4, 0.5) is 0 Å².